The van der Waals surface area contributed by atoms with Crippen LogP contribution in [0.5, 0.6) is 0 Å². The average Bonchev–Trinajstić information content (AvgIpc) is 3.21. The molecule has 0 radical (unpaired) electrons. The zero-order valence-electron chi connectivity index (χ0n) is 17.9. The van der Waals surface area contributed by atoms with Crippen LogP contribution < -0.4 is 16.4 Å². The van der Waals surface area contributed by atoms with E-state index in [-0.39, 0.29) is 16.7 Å². The van der Waals surface area contributed by atoms with E-state index in [1.165, 1.54) is 15.4 Å². The van der Waals surface area contributed by atoms with Crippen LogP contribution in [0.3, 0.4) is 0 Å². The normalized spacial score (nSPS) is 18.9. The largest absolute Gasteiger partial charge is 0.478 e. The number of fused-ring (bicyclic) bond motifs is 2. The standard InChI is InChI=1S/C25H23N2O4P/c1-4-16(3)21(18(5-2)25(30)31)24-27-23(29)20-14-10-9-13-19(20)22(28)26(27)15-32(24)17-11-7-6-8-12-17/h4-14,24H,1,15H2,2-3H3,(H,30,31)/b18-5+,21-16+. The minimum atomic E-state index is -1.15. The van der Waals surface area contributed by atoms with Crippen LogP contribution >= 0.6 is 7.92 Å². The molecule has 1 aromatic heterocycles. The fourth-order valence-corrected chi connectivity index (χ4v) is 7.09. The van der Waals surface area contributed by atoms with E-state index in [4.69, 9.17) is 0 Å². The molecule has 3 aromatic rings. The summed E-state index contributed by atoms with van der Waals surface area (Å²) in [4.78, 5) is 39.2. The average molecular weight is 446 g/mol. The third-order valence-corrected chi connectivity index (χ3v) is 8.39. The minimum Gasteiger partial charge on any atom is -0.478 e. The second-order valence-corrected chi connectivity index (χ2v) is 9.76. The maximum atomic E-state index is 13.7. The van der Waals surface area contributed by atoms with Crippen molar-refractivity contribution in [1.82, 2.24) is 9.36 Å². The molecular formula is C25H23N2O4P. The second kappa shape index (κ2) is 8.56. The highest BCUT2D eigenvalue weighted by Gasteiger charge is 2.40. The molecule has 2 aromatic carbocycles. The van der Waals surface area contributed by atoms with Crippen molar-refractivity contribution in [2.24, 2.45) is 0 Å². The number of carboxylic acids is 1. The Morgan fingerprint density at radius 2 is 1.66 bits per heavy atom. The van der Waals surface area contributed by atoms with Crippen molar-refractivity contribution in [3.05, 3.63) is 111 Å². The summed E-state index contributed by atoms with van der Waals surface area (Å²) in [5, 5.41) is 11.6. The van der Waals surface area contributed by atoms with Crippen molar-refractivity contribution < 1.29 is 9.90 Å². The van der Waals surface area contributed by atoms with Crippen LogP contribution in [0.15, 0.2) is 99.6 Å². The van der Waals surface area contributed by atoms with Gasteiger partial charge in [0.25, 0.3) is 11.1 Å². The summed E-state index contributed by atoms with van der Waals surface area (Å²) < 4.78 is 2.96. The molecule has 1 aliphatic rings. The van der Waals surface area contributed by atoms with Crippen molar-refractivity contribution in [3.63, 3.8) is 0 Å². The van der Waals surface area contributed by atoms with Crippen LogP contribution in [0.1, 0.15) is 19.6 Å². The van der Waals surface area contributed by atoms with Gasteiger partial charge in [-0.3, -0.25) is 9.59 Å². The smallest absolute Gasteiger partial charge is 0.335 e. The van der Waals surface area contributed by atoms with E-state index in [1.807, 2.05) is 30.3 Å². The topological polar surface area (TPSA) is 81.3 Å². The lowest BCUT2D eigenvalue weighted by molar-refractivity contribution is -0.132. The van der Waals surface area contributed by atoms with Gasteiger partial charge in [-0.1, -0.05) is 61.2 Å². The molecule has 0 saturated heterocycles. The second-order valence-electron chi connectivity index (χ2n) is 7.53. The number of aromatic nitrogens is 2. The number of carbonyl (C=O) groups is 1. The number of rotatable bonds is 5. The van der Waals surface area contributed by atoms with Gasteiger partial charge in [0.2, 0.25) is 0 Å². The van der Waals surface area contributed by atoms with Gasteiger partial charge >= 0.3 is 5.97 Å². The van der Waals surface area contributed by atoms with Gasteiger partial charge in [-0.15, -0.1) is 0 Å². The van der Waals surface area contributed by atoms with Gasteiger partial charge in [-0.25, -0.2) is 14.2 Å². The first-order valence-corrected chi connectivity index (χ1v) is 11.8. The number of hydrogen-bond donors (Lipinski definition) is 1. The van der Waals surface area contributed by atoms with E-state index in [1.54, 1.807) is 44.2 Å². The van der Waals surface area contributed by atoms with Crippen molar-refractivity contribution >= 4 is 30.0 Å². The summed E-state index contributed by atoms with van der Waals surface area (Å²) in [6, 6.07) is 16.4. The summed E-state index contributed by atoms with van der Waals surface area (Å²) in [7, 11) is -1.15. The monoisotopic (exact) mass is 446 g/mol. The summed E-state index contributed by atoms with van der Waals surface area (Å²) in [6.07, 6.45) is 3.47. The van der Waals surface area contributed by atoms with Crippen LogP contribution in [0.4, 0.5) is 0 Å². The molecule has 162 valence electrons. The maximum absolute atomic E-state index is 13.7. The zero-order valence-corrected chi connectivity index (χ0v) is 18.8. The van der Waals surface area contributed by atoms with Crippen LogP contribution in [0.2, 0.25) is 0 Å². The highest BCUT2D eigenvalue weighted by atomic mass is 31.1. The lowest BCUT2D eigenvalue weighted by Crippen LogP contribution is -2.36. The Kier molecular flexibility index (Phi) is 5.81. The number of hydrogen-bond acceptors (Lipinski definition) is 3. The fraction of sp³-hybridized carbons (Fsp3) is 0.160. The lowest BCUT2D eigenvalue weighted by atomic mass is 10.00. The number of carboxylic acid groups (broad SMARTS) is 1. The van der Waals surface area contributed by atoms with Crippen molar-refractivity contribution in [1.29, 1.82) is 0 Å². The molecule has 0 bridgehead atoms. The number of aliphatic carboxylic acids is 1. The Balaban J connectivity index is 2.13. The molecule has 4 rings (SSSR count). The first kappa shape index (κ1) is 21.7. The van der Waals surface area contributed by atoms with E-state index < -0.39 is 19.7 Å². The number of nitrogens with zero attached hydrogens (tertiary/aromatic N) is 2. The first-order chi connectivity index (χ1) is 15.4. The molecule has 7 heteroatoms. The Hall–Kier alpha value is -3.50. The number of allylic oxidation sites excluding steroid dienone is 3. The van der Waals surface area contributed by atoms with E-state index in [0.717, 1.165) is 5.30 Å². The molecule has 1 aliphatic heterocycles. The molecule has 0 aliphatic carbocycles. The molecule has 0 saturated carbocycles. The van der Waals surface area contributed by atoms with Gasteiger partial charge in [0.1, 0.15) is 5.78 Å². The maximum Gasteiger partial charge on any atom is 0.335 e. The molecular weight excluding hydrogens is 423 g/mol. The molecule has 1 N–H and O–H groups in total. The third kappa shape index (κ3) is 3.37. The quantitative estimate of drug-likeness (QED) is 0.365. The van der Waals surface area contributed by atoms with E-state index in [9.17, 15) is 19.5 Å². The predicted molar refractivity (Wildman–Crippen MR) is 129 cm³/mol. The van der Waals surface area contributed by atoms with Gasteiger partial charge in [0.15, 0.2) is 0 Å². The Morgan fingerprint density at radius 3 is 2.22 bits per heavy atom. The van der Waals surface area contributed by atoms with Gasteiger partial charge in [0, 0.05) is 0 Å². The summed E-state index contributed by atoms with van der Waals surface area (Å²) in [6.45, 7) is 7.30. The molecule has 0 fully saturated rings. The first-order valence-electron chi connectivity index (χ1n) is 10.2. The van der Waals surface area contributed by atoms with Crippen molar-refractivity contribution in [2.45, 2.75) is 25.9 Å². The van der Waals surface area contributed by atoms with Crippen molar-refractivity contribution in [3.8, 4) is 0 Å². The molecule has 2 unspecified atom stereocenters. The third-order valence-electron chi connectivity index (χ3n) is 5.79. The minimum absolute atomic E-state index is 0.108. The van der Waals surface area contributed by atoms with Gasteiger partial charge < -0.3 is 5.11 Å². The molecule has 6 nitrogen and oxygen atoms in total. The van der Waals surface area contributed by atoms with E-state index in [0.29, 0.717) is 28.2 Å². The lowest BCUT2D eigenvalue weighted by Gasteiger charge is -2.26. The van der Waals surface area contributed by atoms with Crippen molar-refractivity contribution in [2.75, 3.05) is 0 Å². The van der Waals surface area contributed by atoms with Crippen LogP contribution in [-0.2, 0) is 11.1 Å². The highest BCUT2D eigenvalue weighted by molar-refractivity contribution is 7.65. The summed E-state index contributed by atoms with van der Waals surface area (Å²) in [5.41, 5.74) is 0.722. The van der Waals surface area contributed by atoms with Crippen LogP contribution in [0, 0.1) is 0 Å². The number of benzene rings is 2. The molecule has 2 atom stereocenters. The van der Waals surface area contributed by atoms with Gasteiger partial charge in [0.05, 0.1) is 22.6 Å². The Morgan fingerprint density at radius 1 is 1.06 bits per heavy atom. The van der Waals surface area contributed by atoms with E-state index in [2.05, 4.69) is 6.58 Å². The predicted octanol–water partition coefficient (Wildman–Crippen LogP) is 3.97. The molecule has 0 spiro atoms. The highest BCUT2D eigenvalue weighted by Crippen LogP contribution is 2.57. The molecule has 2 heterocycles. The van der Waals surface area contributed by atoms with Crippen LogP contribution in [0.25, 0.3) is 10.8 Å². The zero-order chi connectivity index (χ0) is 23.0. The molecule has 0 amide bonds. The summed E-state index contributed by atoms with van der Waals surface area (Å²) in [5.74, 6) is -1.70. The SMILES string of the molecule is C=C/C(C)=C(\C(=C/C)C(=O)O)C1n2c(=O)c3ccccc3c(=O)n2CP1c1ccccc1. The van der Waals surface area contributed by atoms with E-state index >= 15 is 0 Å². The van der Waals surface area contributed by atoms with Crippen LogP contribution in [-0.4, -0.2) is 20.4 Å². The molecule has 32 heavy (non-hydrogen) atoms. The van der Waals surface area contributed by atoms with Gasteiger partial charge in [-0.2, -0.15) is 0 Å². The Bertz CT molecular complexity index is 1410. The summed E-state index contributed by atoms with van der Waals surface area (Å²) >= 11 is 0. The van der Waals surface area contributed by atoms with Gasteiger partial charge in [-0.05, 0) is 50.4 Å². The fourth-order valence-electron chi connectivity index (χ4n) is 4.23. The Labute approximate surface area is 186 Å².